The molecule has 3 aromatic carbocycles. The van der Waals surface area contributed by atoms with E-state index in [4.69, 9.17) is 14.2 Å². The summed E-state index contributed by atoms with van der Waals surface area (Å²) in [6, 6.07) is 18.2. The number of benzene rings is 3. The number of carbonyl (C=O) groups is 1. The Balaban J connectivity index is 1.50. The lowest BCUT2D eigenvalue weighted by molar-refractivity contribution is -0.150. The van der Waals surface area contributed by atoms with Crippen molar-refractivity contribution in [3.8, 4) is 17.2 Å². The van der Waals surface area contributed by atoms with Crippen LogP contribution in [0.15, 0.2) is 65.6 Å². The highest BCUT2D eigenvalue weighted by atomic mass is 32.2. The van der Waals surface area contributed by atoms with E-state index in [9.17, 15) is 18.3 Å². The number of carboxylic acid groups (broad SMARTS) is 1. The lowest BCUT2D eigenvalue weighted by Gasteiger charge is -2.36. The number of aliphatic carboxylic acids is 1. The molecular weight excluding hydrogens is 556 g/mol. The van der Waals surface area contributed by atoms with Crippen molar-refractivity contribution >= 4 is 16.0 Å². The van der Waals surface area contributed by atoms with Gasteiger partial charge in [0.1, 0.15) is 11.3 Å². The summed E-state index contributed by atoms with van der Waals surface area (Å²) in [5, 5.41) is 10.9. The molecule has 1 fully saturated rings. The van der Waals surface area contributed by atoms with E-state index in [1.165, 1.54) is 4.31 Å². The summed E-state index contributed by atoms with van der Waals surface area (Å²) in [7, 11) is -2.23. The van der Waals surface area contributed by atoms with E-state index in [0.717, 1.165) is 11.1 Å². The summed E-state index contributed by atoms with van der Waals surface area (Å²) in [6.45, 7) is 6.99. The summed E-state index contributed by atoms with van der Waals surface area (Å²) < 4.78 is 45.6. The van der Waals surface area contributed by atoms with E-state index in [2.05, 4.69) is 0 Å². The summed E-state index contributed by atoms with van der Waals surface area (Å²) in [5.74, 6) is 0.832. The maximum atomic E-state index is 13.8. The van der Waals surface area contributed by atoms with Crippen LogP contribution in [0.25, 0.3) is 0 Å². The van der Waals surface area contributed by atoms with Crippen molar-refractivity contribution in [3.05, 3.63) is 82.9 Å². The molecule has 0 radical (unpaired) electrons. The maximum Gasteiger partial charge on any atom is 0.328 e. The van der Waals surface area contributed by atoms with Crippen LogP contribution in [-0.4, -0.2) is 68.8 Å². The van der Waals surface area contributed by atoms with Crippen molar-refractivity contribution in [2.45, 2.75) is 50.0 Å². The first-order valence-corrected chi connectivity index (χ1v) is 15.6. The molecule has 224 valence electrons. The molecule has 0 bridgehead atoms. The number of hydrogen-bond acceptors (Lipinski definition) is 7. The van der Waals surface area contributed by atoms with E-state index < -0.39 is 21.5 Å². The van der Waals surface area contributed by atoms with Gasteiger partial charge in [0.05, 0.1) is 12.0 Å². The van der Waals surface area contributed by atoms with Gasteiger partial charge in [-0.2, -0.15) is 4.31 Å². The number of carboxylic acids is 1. The standard InChI is InChI=1S/C32H38N2O7S/c1-5-14-34(42(37,38)30-13-6-22(2)17-23(30)3)16-15-33-20-25(24-7-12-28-29(18-24)41-21-40-28)19-32(33,31(35)36)26-8-10-27(39-4)11-9-26/h6-13,17-18,25H,5,14-16,19-21H2,1-4H3,(H,35,36). The lowest BCUT2D eigenvalue weighted by atomic mass is 9.83. The molecule has 0 saturated carbocycles. The fraction of sp³-hybridized carbons (Fsp3) is 0.406. The Morgan fingerprint density at radius 1 is 1.05 bits per heavy atom. The molecule has 2 heterocycles. The molecule has 1 saturated heterocycles. The second-order valence-corrected chi connectivity index (χ2v) is 12.9. The molecule has 9 nitrogen and oxygen atoms in total. The minimum Gasteiger partial charge on any atom is -0.497 e. The average Bonchev–Trinajstić information content (AvgIpc) is 3.60. The fourth-order valence-electron chi connectivity index (χ4n) is 6.22. The third kappa shape index (κ3) is 5.46. The normalized spacial score (nSPS) is 20.3. The highest BCUT2D eigenvalue weighted by Gasteiger charge is 2.53. The Morgan fingerprint density at radius 3 is 2.45 bits per heavy atom. The van der Waals surface area contributed by atoms with Crippen LogP contribution in [-0.2, 0) is 20.4 Å². The van der Waals surface area contributed by atoms with Gasteiger partial charge in [-0.25, -0.2) is 13.2 Å². The SMILES string of the molecule is CCCN(CCN1CC(c2ccc3c(c2)OCO3)CC1(C(=O)O)c1ccc(OC)cc1)S(=O)(=O)c1ccc(C)cc1C. The molecule has 3 aromatic rings. The largest absolute Gasteiger partial charge is 0.497 e. The predicted octanol–water partition coefficient (Wildman–Crippen LogP) is 4.91. The lowest BCUT2D eigenvalue weighted by Crippen LogP contribution is -2.50. The predicted molar refractivity (Wildman–Crippen MR) is 159 cm³/mol. The molecule has 0 aliphatic carbocycles. The van der Waals surface area contributed by atoms with Crippen LogP contribution >= 0.6 is 0 Å². The molecule has 0 aromatic heterocycles. The van der Waals surface area contributed by atoms with E-state index in [0.29, 0.717) is 54.3 Å². The van der Waals surface area contributed by atoms with E-state index in [1.54, 1.807) is 50.4 Å². The monoisotopic (exact) mass is 594 g/mol. The molecule has 2 unspecified atom stereocenters. The van der Waals surface area contributed by atoms with Crippen molar-refractivity contribution in [2.24, 2.45) is 0 Å². The highest BCUT2D eigenvalue weighted by molar-refractivity contribution is 7.89. The van der Waals surface area contributed by atoms with Crippen LogP contribution in [0, 0.1) is 13.8 Å². The molecular formula is C32H38N2O7S. The topological polar surface area (TPSA) is 106 Å². The van der Waals surface area contributed by atoms with Gasteiger partial charge in [-0.3, -0.25) is 4.90 Å². The summed E-state index contributed by atoms with van der Waals surface area (Å²) in [6.07, 6.45) is 0.943. The Kier molecular flexibility index (Phi) is 8.50. The first-order valence-electron chi connectivity index (χ1n) is 14.2. The van der Waals surface area contributed by atoms with Crippen molar-refractivity contribution < 1.29 is 32.5 Å². The number of ether oxygens (including phenoxy) is 3. The Bertz CT molecular complexity index is 1560. The highest BCUT2D eigenvalue weighted by Crippen LogP contribution is 2.47. The van der Waals surface area contributed by atoms with Crippen LogP contribution in [0.1, 0.15) is 47.9 Å². The van der Waals surface area contributed by atoms with Gasteiger partial charge in [0.15, 0.2) is 11.5 Å². The molecule has 0 amide bonds. The number of likely N-dealkylation sites (tertiary alicyclic amines) is 1. The van der Waals surface area contributed by atoms with Crippen LogP contribution in [0.5, 0.6) is 17.2 Å². The first-order chi connectivity index (χ1) is 20.1. The fourth-order valence-corrected chi connectivity index (χ4v) is 7.95. The van der Waals surface area contributed by atoms with E-state index in [1.807, 2.05) is 43.0 Å². The number of rotatable bonds is 11. The number of methoxy groups -OCH3 is 1. The maximum absolute atomic E-state index is 13.8. The van der Waals surface area contributed by atoms with Crippen molar-refractivity contribution in [1.29, 1.82) is 0 Å². The van der Waals surface area contributed by atoms with Crippen molar-refractivity contribution in [2.75, 3.05) is 40.1 Å². The number of hydrogen-bond donors (Lipinski definition) is 1. The van der Waals surface area contributed by atoms with Gasteiger partial charge < -0.3 is 19.3 Å². The van der Waals surface area contributed by atoms with Gasteiger partial charge in [0.25, 0.3) is 0 Å². The second kappa shape index (κ2) is 11.9. The second-order valence-electron chi connectivity index (χ2n) is 11.0. The van der Waals surface area contributed by atoms with Crippen LogP contribution in [0.2, 0.25) is 0 Å². The van der Waals surface area contributed by atoms with Crippen molar-refractivity contribution in [1.82, 2.24) is 9.21 Å². The van der Waals surface area contributed by atoms with Crippen LogP contribution in [0.4, 0.5) is 0 Å². The molecule has 42 heavy (non-hydrogen) atoms. The first kappa shape index (κ1) is 29.9. The molecule has 2 aliphatic rings. The van der Waals surface area contributed by atoms with Gasteiger partial charge in [-0.1, -0.05) is 42.8 Å². The van der Waals surface area contributed by atoms with Gasteiger partial charge >= 0.3 is 5.97 Å². The molecule has 0 spiro atoms. The Morgan fingerprint density at radius 2 is 1.79 bits per heavy atom. The minimum atomic E-state index is -3.79. The minimum absolute atomic E-state index is 0.131. The molecule has 5 rings (SSSR count). The number of fused-ring (bicyclic) bond motifs is 1. The van der Waals surface area contributed by atoms with Gasteiger partial charge in [-0.15, -0.1) is 0 Å². The van der Waals surface area contributed by atoms with Crippen molar-refractivity contribution in [3.63, 3.8) is 0 Å². The van der Waals surface area contributed by atoms with Gasteiger partial charge in [0, 0.05) is 26.2 Å². The van der Waals surface area contributed by atoms with E-state index in [-0.39, 0.29) is 30.7 Å². The molecule has 2 aliphatic heterocycles. The van der Waals surface area contributed by atoms with E-state index >= 15 is 0 Å². The van der Waals surface area contributed by atoms with Crippen LogP contribution < -0.4 is 14.2 Å². The molecule has 1 N–H and O–H groups in total. The molecule has 2 atom stereocenters. The summed E-state index contributed by atoms with van der Waals surface area (Å²) in [4.78, 5) is 15.5. The quantitative estimate of drug-likeness (QED) is 0.334. The number of aryl methyl sites for hydroxylation is 2. The molecule has 10 heteroatoms. The number of sulfonamides is 1. The van der Waals surface area contributed by atoms with Gasteiger partial charge in [-0.05, 0) is 79.6 Å². The summed E-state index contributed by atoms with van der Waals surface area (Å²) >= 11 is 0. The zero-order valence-electron chi connectivity index (χ0n) is 24.5. The third-order valence-electron chi connectivity index (χ3n) is 8.35. The summed E-state index contributed by atoms with van der Waals surface area (Å²) in [5.41, 5.74) is 1.89. The van der Waals surface area contributed by atoms with Gasteiger partial charge in [0.2, 0.25) is 16.8 Å². The van der Waals surface area contributed by atoms with Crippen LogP contribution in [0.3, 0.4) is 0 Å². The number of nitrogens with zero attached hydrogens (tertiary/aromatic N) is 2. The Hall–Kier alpha value is -3.60. The average molecular weight is 595 g/mol. The smallest absolute Gasteiger partial charge is 0.328 e. The third-order valence-corrected chi connectivity index (χ3v) is 10.4. The Labute approximate surface area is 247 Å². The zero-order valence-corrected chi connectivity index (χ0v) is 25.3. The zero-order chi connectivity index (χ0) is 30.1.